The number of hydrogen-bond donors (Lipinski definition) is 1. The van der Waals surface area contributed by atoms with Gasteiger partial charge in [-0.05, 0) is 31.5 Å². The molecule has 0 spiro atoms. The zero-order valence-corrected chi connectivity index (χ0v) is 14.1. The van der Waals surface area contributed by atoms with E-state index in [1.165, 1.54) is 0 Å². The molecule has 0 aliphatic rings. The van der Waals surface area contributed by atoms with Crippen LogP contribution in [0.1, 0.15) is 22.7 Å². The molecule has 0 radical (unpaired) electrons. The Bertz CT molecular complexity index is 839. The van der Waals surface area contributed by atoms with Crippen LogP contribution in [0.4, 0.5) is 0 Å². The van der Waals surface area contributed by atoms with Gasteiger partial charge in [0.15, 0.2) is 5.69 Å². The van der Waals surface area contributed by atoms with Crippen molar-refractivity contribution >= 4 is 17.5 Å². The Morgan fingerprint density at radius 2 is 2.08 bits per heavy atom. The van der Waals surface area contributed by atoms with Crippen LogP contribution < -0.4 is 5.32 Å². The van der Waals surface area contributed by atoms with Crippen LogP contribution in [-0.2, 0) is 6.54 Å². The highest BCUT2D eigenvalue weighted by atomic mass is 35.5. The van der Waals surface area contributed by atoms with Crippen LogP contribution in [0.15, 0.2) is 48.9 Å². The van der Waals surface area contributed by atoms with Gasteiger partial charge in [0.25, 0.3) is 5.91 Å². The van der Waals surface area contributed by atoms with E-state index < -0.39 is 0 Å². The summed E-state index contributed by atoms with van der Waals surface area (Å²) in [7, 11) is 0. The average Bonchev–Trinajstić information content (AvgIpc) is 3.21. The van der Waals surface area contributed by atoms with E-state index in [9.17, 15) is 4.79 Å². The molecule has 2 aromatic heterocycles. The SMILES string of the molecule is Cc1nccn1CCCNC(=O)c1ccn(-c2ccccc2Cl)n1. The number of aromatic nitrogens is 4. The first-order valence-corrected chi connectivity index (χ1v) is 8.09. The molecule has 7 heteroatoms. The van der Waals surface area contributed by atoms with Gasteiger partial charge in [-0.1, -0.05) is 23.7 Å². The molecular weight excluding hydrogens is 326 g/mol. The van der Waals surface area contributed by atoms with Crippen LogP contribution in [0.5, 0.6) is 0 Å². The average molecular weight is 344 g/mol. The van der Waals surface area contributed by atoms with Crippen LogP contribution in [0.25, 0.3) is 5.69 Å². The first kappa shape index (κ1) is 16.3. The molecule has 0 atom stereocenters. The van der Waals surface area contributed by atoms with E-state index in [1.807, 2.05) is 31.3 Å². The number of carbonyl (C=O) groups excluding carboxylic acids is 1. The smallest absolute Gasteiger partial charge is 0.271 e. The standard InChI is InChI=1S/C17H18ClN5O/c1-13-19-9-12-22(13)10-4-8-20-17(24)15-7-11-23(21-15)16-6-3-2-5-14(16)18/h2-3,5-7,9,11-12H,4,8,10H2,1H3,(H,20,24). The molecule has 0 bridgehead atoms. The lowest BCUT2D eigenvalue weighted by Gasteiger charge is -2.06. The maximum absolute atomic E-state index is 12.2. The molecule has 1 amide bonds. The maximum atomic E-state index is 12.2. The summed E-state index contributed by atoms with van der Waals surface area (Å²) in [5.74, 6) is 0.781. The highest BCUT2D eigenvalue weighted by molar-refractivity contribution is 6.32. The van der Waals surface area contributed by atoms with Crippen molar-refractivity contribution in [3.63, 3.8) is 0 Å². The fourth-order valence-corrected chi connectivity index (χ4v) is 2.62. The summed E-state index contributed by atoms with van der Waals surface area (Å²) in [6.07, 6.45) is 6.26. The molecule has 24 heavy (non-hydrogen) atoms. The molecule has 0 aliphatic carbocycles. The number of hydrogen-bond acceptors (Lipinski definition) is 3. The lowest BCUT2D eigenvalue weighted by Crippen LogP contribution is -2.25. The van der Waals surface area contributed by atoms with Crippen molar-refractivity contribution in [2.24, 2.45) is 0 Å². The quantitative estimate of drug-likeness (QED) is 0.700. The normalized spacial score (nSPS) is 10.8. The number of para-hydroxylation sites is 1. The van der Waals surface area contributed by atoms with E-state index in [1.54, 1.807) is 29.2 Å². The molecular formula is C17H18ClN5O. The van der Waals surface area contributed by atoms with E-state index in [4.69, 9.17) is 11.6 Å². The van der Waals surface area contributed by atoms with Gasteiger partial charge >= 0.3 is 0 Å². The third-order valence-electron chi connectivity index (χ3n) is 3.71. The van der Waals surface area contributed by atoms with Crippen LogP contribution in [0, 0.1) is 6.92 Å². The minimum atomic E-state index is -0.192. The van der Waals surface area contributed by atoms with Gasteiger partial charge in [0.2, 0.25) is 0 Å². The van der Waals surface area contributed by atoms with Crippen LogP contribution in [0.2, 0.25) is 5.02 Å². The fraction of sp³-hybridized carbons (Fsp3) is 0.235. The lowest BCUT2D eigenvalue weighted by atomic mass is 10.3. The Balaban J connectivity index is 1.54. The summed E-state index contributed by atoms with van der Waals surface area (Å²) in [5.41, 5.74) is 1.11. The second kappa shape index (κ2) is 7.31. The minimum Gasteiger partial charge on any atom is -0.351 e. The van der Waals surface area contributed by atoms with Gasteiger partial charge in [0.1, 0.15) is 5.82 Å². The number of carbonyl (C=O) groups is 1. The Kier molecular flexibility index (Phi) is 4.96. The van der Waals surface area contributed by atoms with Gasteiger partial charge < -0.3 is 9.88 Å². The molecule has 6 nitrogen and oxygen atoms in total. The molecule has 3 rings (SSSR count). The van der Waals surface area contributed by atoms with Gasteiger partial charge in [-0.25, -0.2) is 9.67 Å². The summed E-state index contributed by atoms with van der Waals surface area (Å²) in [6.45, 7) is 3.36. The number of nitrogens with zero attached hydrogens (tertiary/aromatic N) is 4. The Labute approximate surface area is 145 Å². The van der Waals surface area contributed by atoms with Crippen molar-refractivity contribution in [1.29, 1.82) is 0 Å². The van der Waals surface area contributed by atoms with Crippen LogP contribution in [-0.4, -0.2) is 31.8 Å². The maximum Gasteiger partial charge on any atom is 0.271 e. The van der Waals surface area contributed by atoms with E-state index in [-0.39, 0.29) is 5.91 Å². The summed E-state index contributed by atoms with van der Waals surface area (Å²) in [4.78, 5) is 16.3. The third-order valence-corrected chi connectivity index (χ3v) is 4.03. The van der Waals surface area contributed by atoms with Crippen molar-refractivity contribution in [3.8, 4) is 5.69 Å². The number of benzene rings is 1. The van der Waals surface area contributed by atoms with Gasteiger partial charge in [0.05, 0.1) is 10.7 Å². The highest BCUT2D eigenvalue weighted by Crippen LogP contribution is 2.18. The topological polar surface area (TPSA) is 64.7 Å². The third kappa shape index (κ3) is 3.65. The van der Waals surface area contributed by atoms with Crippen molar-refractivity contribution in [1.82, 2.24) is 24.6 Å². The first-order valence-electron chi connectivity index (χ1n) is 7.71. The van der Waals surface area contributed by atoms with Crippen molar-refractivity contribution in [2.75, 3.05) is 6.54 Å². The zero-order chi connectivity index (χ0) is 16.9. The lowest BCUT2D eigenvalue weighted by molar-refractivity contribution is 0.0947. The highest BCUT2D eigenvalue weighted by Gasteiger charge is 2.11. The molecule has 2 heterocycles. The minimum absolute atomic E-state index is 0.192. The Hall–Kier alpha value is -2.60. The van der Waals surface area contributed by atoms with Crippen molar-refractivity contribution < 1.29 is 4.79 Å². The number of rotatable bonds is 6. The summed E-state index contributed by atoms with van der Waals surface area (Å²) in [5, 5.41) is 7.75. The molecule has 0 fully saturated rings. The molecule has 124 valence electrons. The molecule has 1 aromatic carbocycles. The van der Waals surface area contributed by atoms with Crippen molar-refractivity contribution in [3.05, 3.63) is 65.5 Å². The van der Waals surface area contributed by atoms with Gasteiger partial charge in [-0.2, -0.15) is 5.10 Å². The predicted octanol–water partition coefficient (Wildman–Crippen LogP) is 2.85. The van der Waals surface area contributed by atoms with Crippen LogP contribution >= 0.6 is 11.6 Å². The van der Waals surface area contributed by atoms with Gasteiger partial charge in [-0.15, -0.1) is 0 Å². The van der Waals surface area contributed by atoms with E-state index in [0.29, 0.717) is 17.3 Å². The monoisotopic (exact) mass is 343 g/mol. The molecule has 0 saturated carbocycles. The number of halogens is 1. The Morgan fingerprint density at radius 1 is 1.25 bits per heavy atom. The molecule has 0 saturated heterocycles. The van der Waals surface area contributed by atoms with E-state index in [2.05, 4.69) is 20.0 Å². The number of imidazole rings is 1. The second-order valence-corrected chi connectivity index (χ2v) is 5.78. The van der Waals surface area contributed by atoms with E-state index in [0.717, 1.165) is 24.5 Å². The first-order chi connectivity index (χ1) is 11.6. The Morgan fingerprint density at radius 3 is 2.83 bits per heavy atom. The fourth-order valence-electron chi connectivity index (χ4n) is 2.40. The van der Waals surface area contributed by atoms with E-state index >= 15 is 0 Å². The summed E-state index contributed by atoms with van der Waals surface area (Å²) in [6, 6.07) is 9.05. The largest absolute Gasteiger partial charge is 0.351 e. The predicted molar refractivity (Wildman–Crippen MR) is 92.5 cm³/mol. The number of amides is 1. The molecule has 3 aromatic rings. The summed E-state index contributed by atoms with van der Waals surface area (Å²) >= 11 is 6.14. The van der Waals surface area contributed by atoms with Crippen LogP contribution in [0.3, 0.4) is 0 Å². The second-order valence-electron chi connectivity index (χ2n) is 5.37. The zero-order valence-electron chi connectivity index (χ0n) is 13.3. The van der Waals surface area contributed by atoms with Gasteiger partial charge in [-0.3, -0.25) is 4.79 Å². The summed E-state index contributed by atoms with van der Waals surface area (Å²) < 4.78 is 3.66. The van der Waals surface area contributed by atoms with Gasteiger partial charge in [0, 0.05) is 31.7 Å². The number of aryl methyl sites for hydroxylation is 2. The molecule has 1 N–H and O–H groups in total. The molecule has 0 unspecified atom stereocenters. The van der Waals surface area contributed by atoms with Crippen molar-refractivity contribution in [2.45, 2.75) is 19.9 Å². The molecule has 0 aliphatic heterocycles. The number of nitrogens with one attached hydrogen (secondary N) is 1.